The van der Waals surface area contributed by atoms with Gasteiger partial charge in [-0.15, -0.1) is 0 Å². The van der Waals surface area contributed by atoms with E-state index >= 15 is 0 Å². The van der Waals surface area contributed by atoms with Crippen LogP contribution in [0.4, 0.5) is 5.69 Å². The second kappa shape index (κ2) is 9.17. The Morgan fingerprint density at radius 3 is 2.50 bits per heavy atom. The highest BCUT2D eigenvalue weighted by atomic mass is 35.5. The van der Waals surface area contributed by atoms with Crippen LogP contribution < -0.4 is 20.5 Å². The summed E-state index contributed by atoms with van der Waals surface area (Å²) in [6, 6.07) is 11.6. The fraction of sp³-hybridized carbons (Fsp3) is 0.167. The first-order valence-electron chi connectivity index (χ1n) is 7.72. The number of carbonyl (C=O) groups is 2. The van der Waals surface area contributed by atoms with Crippen LogP contribution in [0.1, 0.15) is 22.8 Å². The van der Waals surface area contributed by atoms with Crippen LogP contribution in [0, 0.1) is 0 Å². The lowest BCUT2D eigenvalue weighted by Crippen LogP contribution is -2.37. The maximum atomic E-state index is 11.9. The molecule has 0 heterocycles. The van der Waals surface area contributed by atoms with Crippen molar-refractivity contribution in [1.82, 2.24) is 5.32 Å². The summed E-state index contributed by atoms with van der Waals surface area (Å²) in [5, 5.41) is 16.2. The van der Waals surface area contributed by atoms with Gasteiger partial charge in [-0.05, 0) is 54.5 Å². The molecule has 0 bridgehead atoms. The fourth-order valence-electron chi connectivity index (χ4n) is 2.05. The zero-order valence-electron chi connectivity index (χ0n) is 13.9. The van der Waals surface area contributed by atoms with Crippen LogP contribution in [0.3, 0.4) is 0 Å². The molecule has 2 rings (SSSR count). The molecule has 2 aromatic carbocycles. The van der Waals surface area contributed by atoms with Gasteiger partial charge in [-0.1, -0.05) is 30.7 Å². The average molecular weight is 392 g/mol. The molecule has 0 aromatic heterocycles. The van der Waals surface area contributed by atoms with Crippen molar-refractivity contribution in [2.75, 3.05) is 11.9 Å². The molecule has 0 saturated carbocycles. The smallest absolute Gasteiger partial charge is 0.264 e. The van der Waals surface area contributed by atoms with Crippen LogP contribution >= 0.6 is 23.8 Å². The van der Waals surface area contributed by atoms with Crippen LogP contribution in [0.5, 0.6) is 5.75 Å². The van der Waals surface area contributed by atoms with E-state index in [0.29, 0.717) is 11.4 Å². The average Bonchev–Trinajstić information content (AvgIpc) is 2.61. The molecule has 0 spiro atoms. The highest BCUT2D eigenvalue weighted by Gasteiger charge is 2.08. The molecule has 26 heavy (non-hydrogen) atoms. The van der Waals surface area contributed by atoms with Crippen LogP contribution in [0.2, 0.25) is 5.02 Å². The number of aromatic carboxylic acids is 1. The molecule has 0 atom stereocenters. The molecule has 0 fully saturated rings. The maximum absolute atomic E-state index is 11.9. The summed E-state index contributed by atoms with van der Waals surface area (Å²) in [5.41, 5.74) is 1.35. The number of carboxylic acid groups (broad SMARTS) is 1. The lowest BCUT2D eigenvalue weighted by Gasteiger charge is -2.12. The molecule has 8 heteroatoms. The molecular formula is C18H16ClN2O4S-. The Morgan fingerprint density at radius 1 is 1.19 bits per heavy atom. The quantitative estimate of drug-likeness (QED) is 0.733. The van der Waals surface area contributed by atoms with Gasteiger partial charge in [-0.25, -0.2) is 0 Å². The standard InChI is InChI=1S/C18H17ClN2O4S/c1-2-11-3-6-13(7-4-11)25-10-16(22)21-18(26)20-12-5-8-15(19)14(9-12)17(23)24/h3-9H,2,10H2,1H3,(H,23,24)(H2,20,21,22,26)/p-1. The Labute approximate surface area is 161 Å². The van der Waals surface area contributed by atoms with Crippen LogP contribution in [-0.2, 0) is 11.2 Å². The number of halogens is 1. The minimum absolute atomic E-state index is 0.00607. The Hall–Kier alpha value is -2.64. The molecule has 2 aromatic rings. The summed E-state index contributed by atoms with van der Waals surface area (Å²) in [6.07, 6.45) is 0.922. The van der Waals surface area contributed by atoms with Crippen LogP contribution in [0.25, 0.3) is 0 Å². The summed E-state index contributed by atoms with van der Waals surface area (Å²) < 4.78 is 5.38. The summed E-state index contributed by atoms with van der Waals surface area (Å²) in [7, 11) is 0. The molecule has 6 nitrogen and oxygen atoms in total. The molecule has 136 valence electrons. The molecule has 1 amide bonds. The van der Waals surface area contributed by atoms with Crippen molar-refractivity contribution in [1.29, 1.82) is 0 Å². The van der Waals surface area contributed by atoms with E-state index in [9.17, 15) is 14.7 Å². The summed E-state index contributed by atoms with van der Waals surface area (Å²) in [5.74, 6) is -1.28. The minimum atomic E-state index is -1.41. The first kappa shape index (κ1) is 19.7. The van der Waals surface area contributed by atoms with Gasteiger partial charge in [-0.3, -0.25) is 10.1 Å². The number of anilines is 1. The minimum Gasteiger partial charge on any atom is -0.545 e. The van der Waals surface area contributed by atoms with Gasteiger partial charge in [0, 0.05) is 16.3 Å². The number of thiocarbonyl (C=S) groups is 1. The first-order chi connectivity index (χ1) is 12.4. The number of nitrogens with one attached hydrogen (secondary N) is 2. The first-order valence-corrected chi connectivity index (χ1v) is 8.51. The number of ether oxygens (including phenoxy) is 1. The molecule has 0 aliphatic heterocycles. The van der Waals surface area contributed by atoms with E-state index in [2.05, 4.69) is 10.6 Å². The molecule has 0 aliphatic carbocycles. The van der Waals surface area contributed by atoms with E-state index in [1.807, 2.05) is 19.1 Å². The highest BCUT2D eigenvalue weighted by Crippen LogP contribution is 2.20. The fourth-order valence-corrected chi connectivity index (χ4v) is 2.48. The predicted octanol–water partition coefficient (Wildman–Crippen LogP) is 2.16. The molecule has 0 aliphatic rings. The van der Waals surface area contributed by atoms with Gasteiger partial charge in [0.2, 0.25) is 0 Å². The van der Waals surface area contributed by atoms with E-state index in [1.165, 1.54) is 23.8 Å². The SMILES string of the molecule is CCc1ccc(OCC(=O)NC(=S)Nc2ccc(Cl)c(C(=O)[O-])c2)cc1. The molecule has 0 radical (unpaired) electrons. The number of hydrogen-bond acceptors (Lipinski definition) is 5. The Kier molecular flexibility index (Phi) is 6.94. The van der Waals surface area contributed by atoms with Crippen molar-refractivity contribution in [3.05, 3.63) is 58.6 Å². The summed E-state index contributed by atoms with van der Waals surface area (Å²) >= 11 is 10.8. The number of benzene rings is 2. The number of carboxylic acids is 1. The largest absolute Gasteiger partial charge is 0.545 e. The number of amides is 1. The van der Waals surface area contributed by atoms with Crippen LogP contribution in [0.15, 0.2) is 42.5 Å². The molecular weight excluding hydrogens is 376 g/mol. The zero-order chi connectivity index (χ0) is 19.1. The zero-order valence-corrected chi connectivity index (χ0v) is 15.4. The van der Waals surface area contributed by atoms with Gasteiger partial charge in [0.1, 0.15) is 5.75 Å². The highest BCUT2D eigenvalue weighted by molar-refractivity contribution is 7.80. The lowest BCUT2D eigenvalue weighted by atomic mass is 10.2. The predicted molar refractivity (Wildman–Crippen MR) is 101 cm³/mol. The van der Waals surface area contributed by atoms with Crippen molar-refractivity contribution < 1.29 is 19.4 Å². The molecule has 0 unspecified atom stereocenters. The Bertz CT molecular complexity index is 824. The number of aryl methyl sites for hydroxylation is 1. The van der Waals surface area contributed by atoms with Crippen molar-refractivity contribution >= 4 is 46.5 Å². The van der Waals surface area contributed by atoms with Crippen LogP contribution in [-0.4, -0.2) is 23.6 Å². The molecule has 2 N–H and O–H groups in total. The van der Waals surface area contributed by atoms with E-state index < -0.39 is 11.9 Å². The topological polar surface area (TPSA) is 90.5 Å². The van der Waals surface area contributed by atoms with Gasteiger partial charge in [0.25, 0.3) is 5.91 Å². The van der Waals surface area contributed by atoms with Crippen molar-refractivity contribution in [3.63, 3.8) is 0 Å². The lowest BCUT2D eigenvalue weighted by molar-refractivity contribution is -0.255. The number of hydrogen-bond donors (Lipinski definition) is 2. The molecule has 0 saturated heterocycles. The van der Waals surface area contributed by atoms with E-state index in [4.69, 9.17) is 28.6 Å². The number of carbonyl (C=O) groups excluding carboxylic acids is 2. The van der Waals surface area contributed by atoms with E-state index in [0.717, 1.165) is 6.42 Å². The monoisotopic (exact) mass is 391 g/mol. The van der Waals surface area contributed by atoms with Gasteiger partial charge in [0.05, 0.1) is 5.97 Å². The van der Waals surface area contributed by atoms with Gasteiger partial charge < -0.3 is 20.0 Å². The van der Waals surface area contributed by atoms with Crippen molar-refractivity contribution in [2.24, 2.45) is 0 Å². The van der Waals surface area contributed by atoms with Crippen molar-refractivity contribution in [3.8, 4) is 5.75 Å². The maximum Gasteiger partial charge on any atom is 0.264 e. The summed E-state index contributed by atoms with van der Waals surface area (Å²) in [4.78, 5) is 22.8. The Balaban J connectivity index is 1.86. The van der Waals surface area contributed by atoms with Gasteiger partial charge in [0.15, 0.2) is 11.7 Å². The normalized spacial score (nSPS) is 10.1. The Morgan fingerprint density at radius 2 is 1.88 bits per heavy atom. The van der Waals surface area contributed by atoms with Gasteiger partial charge in [-0.2, -0.15) is 0 Å². The third-order valence-corrected chi connectivity index (χ3v) is 3.93. The van der Waals surface area contributed by atoms with E-state index in [-0.39, 0.29) is 22.3 Å². The third kappa shape index (κ3) is 5.72. The van der Waals surface area contributed by atoms with Crippen molar-refractivity contribution in [2.45, 2.75) is 13.3 Å². The summed E-state index contributed by atoms with van der Waals surface area (Å²) in [6.45, 7) is 1.84. The second-order valence-electron chi connectivity index (χ2n) is 5.27. The second-order valence-corrected chi connectivity index (χ2v) is 6.09. The van der Waals surface area contributed by atoms with Gasteiger partial charge >= 0.3 is 0 Å². The van der Waals surface area contributed by atoms with E-state index in [1.54, 1.807) is 12.1 Å². The number of rotatable bonds is 6. The third-order valence-electron chi connectivity index (χ3n) is 3.40.